The monoisotopic (exact) mass is 326 g/mol. The molecule has 0 aliphatic heterocycles. The first-order valence-corrected chi connectivity index (χ1v) is 7.19. The average molecular weight is 327 g/mol. The number of fused-ring (bicyclic) bond motifs is 1. The number of halogens is 4. The number of benzene rings is 2. The lowest BCUT2D eigenvalue weighted by Gasteiger charge is -2.10. The van der Waals surface area contributed by atoms with Gasteiger partial charge in [0.2, 0.25) is 0 Å². The molecule has 2 aromatic carbocycles. The van der Waals surface area contributed by atoms with Crippen LogP contribution in [-0.2, 0) is 6.42 Å². The van der Waals surface area contributed by atoms with E-state index in [9.17, 15) is 8.78 Å². The van der Waals surface area contributed by atoms with Crippen LogP contribution in [0, 0.1) is 11.6 Å². The third-order valence-corrected chi connectivity index (χ3v) is 3.65. The van der Waals surface area contributed by atoms with E-state index in [-0.39, 0.29) is 10.8 Å². The second-order valence-corrected chi connectivity index (χ2v) is 5.32. The molecule has 108 valence electrons. The smallest absolute Gasteiger partial charge is 0.125 e. The second kappa shape index (κ2) is 5.62. The molecule has 6 heteroatoms. The Balaban J connectivity index is 2.32. The standard InChI is InChI=1S/C15H10Cl2F2N2/c16-6-5-15-20-12-3-1-10(19)8-14(12)21(15)13-4-2-9(18)7-11(13)17/h1-4,7-8H,5-6H2. The summed E-state index contributed by atoms with van der Waals surface area (Å²) in [5.74, 6) is 0.210. The van der Waals surface area contributed by atoms with Crippen molar-refractivity contribution in [2.75, 3.05) is 5.88 Å². The van der Waals surface area contributed by atoms with Crippen LogP contribution in [0.5, 0.6) is 0 Å². The molecule has 0 aliphatic rings. The molecule has 0 bridgehead atoms. The van der Waals surface area contributed by atoms with Crippen LogP contribution in [0.4, 0.5) is 8.78 Å². The lowest BCUT2D eigenvalue weighted by Crippen LogP contribution is -2.03. The van der Waals surface area contributed by atoms with Gasteiger partial charge in [-0.25, -0.2) is 13.8 Å². The van der Waals surface area contributed by atoms with Gasteiger partial charge in [-0.3, -0.25) is 4.57 Å². The molecule has 0 aliphatic carbocycles. The summed E-state index contributed by atoms with van der Waals surface area (Å²) in [6.07, 6.45) is 0.492. The summed E-state index contributed by atoms with van der Waals surface area (Å²) in [5.41, 5.74) is 1.76. The zero-order chi connectivity index (χ0) is 15.0. The van der Waals surface area contributed by atoms with Crippen LogP contribution in [-0.4, -0.2) is 15.4 Å². The quantitative estimate of drug-likeness (QED) is 0.636. The average Bonchev–Trinajstić information content (AvgIpc) is 2.77. The molecular formula is C15H10Cl2F2N2. The van der Waals surface area contributed by atoms with Crippen molar-refractivity contribution in [2.45, 2.75) is 6.42 Å². The Kier molecular flexibility index (Phi) is 3.83. The molecule has 1 aromatic heterocycles. The molecule has 0 fully saturated rings. The molecule has 0 radical (unpaired) electrons. The third-order valence-electron chi connectivity index (χ3n) is 3.15. The number of hydrogen-bond donors (Lipinski definition) is 0. The number of rotatable bonds is 3. The SMILES string of the molecule is Fc1ccc(-n2c(CCCl)nc3ccc(F)cc32)c(Cl)c1. The fourth-order valence-electron chi connectivity index (χ4n) is 2.28. The van der Waals surface area contributed by atoms with Gasteiger partial charge in [-0.2, -0.15) is 0 Å². The highest BCUT2D eigenvalue weighted by Crippen LogP contribution is 2.28. The Morgan fingerprint density at radius 2 is 1.76 bits per heavy atom. The second-order valence-electron chi connectivity index (χ2n) is 4.53. The summed E-state index contributed by atoms with van der Waals surface area (Å²) in [5, 5.41) is 0.231. The molecule has 0 atom stereocenters. The van der Waals surface area contributed by atoms with Gasteiger partial charge in [-0.1, -0.05) is 11.6 Å². The van der Waals surface area contributed by atoms with Crippen molar-refractivity contribution in [3.8, 4) is 5.69 Å². The minimum Gasteiger partial charge on any atom is -0.295 e. The van der Waals surface area contributed by atoms with Gasteiger partial charge >= 0.3 is 0 Å². The lowest BCUT2D eigenvalue weighted by molar-refractivity contribution is 0.626. The molecule has 0 N–H and O–H groups in total. The van der Waals surface area contributed by atoms with E-state index in [2.05, 4.69) is 4.98 Å². The van der Waals surface area contributed by atoms with Gasteiger partial charge in [0.25, 0.3) is 0 Å². The van der Waals surface area contributed by atoms with Crippen molar-refractivity contribution in [1.82, 2.24) is 9.55 Å². The van der Waals surface area contributed by atoms with Crippen LogP contribution in [0.25, 0.3) is 16.7 Å². The summed E-state index contributed by atoms with van der Waals surface area (Å²) < 4.78 is 28.5. The summed E-state index contributed by atoms with van der Waals surface area (Å²) in [6.45, 7) is 0. The molecule has 21 heavy (non-hydrogen) atoms. The van der Waals surface area contributed by atoms with Gasteiger partial charge in [0.1, 0.15) is 17.5 Å². The summed E-state index contributed by atoms with van der Waals surface area (Å²) in [4.78, 5) is 4.44. The molecule has 0 saturated heterocycles. The van der Waals surface area contributed by atoms with E-state index in [1.807, 2.05) is 0 Å². The van der Waals surface area contributed by atoms with Gasteiger partial charge < -0.3 is 0 Å². The summed E-state index contributed by atoms with van der Waals surface area (Å²) >= 11 is 11.9. The molecular weight excluding hydrogens is 317 g/mol. The number of nitrogens with zero attached hydrogens (tertiary/aromatic N) is 2. The van der Waals surface area contributed by atoms with Gasteiger partial charge in [-0.05, 0) is 30.3 Å². The van der Waals surface area contributed by atoms with E-state index in [0.717, 1.165) is 0 Å². The number of alkyl halides is 1. The number of imidazole rings is 1. The fourth-order valence-corrected chi connectivity index (χ4v) is 2.70. The number of hydrogen-bond acceptors (Lipinski definition) is 1. The zero-order valence-electron chi connectivity index (χ0n) is 10.8. The zero-order valence-corrected chi connectivity index (χ0v) is 12.3. The molecule has 0 amide bonds. The van der Waals surface area contributed by atoms with E-state index in [0.29, 0.717) is 34.8 Å². The molecule has 0 saturated carbocycles. The van der Waals surface area contributed by atoms with Crippen LogP contribution in [0.15, 0.2) is 36.4 Å². The van der Waals surface area contributed by atoms with Gasteiger partial charge in [-0.15, -0.1) is 11.6 Å². The van der Waals surface area contributed by atoms with E-state index in [4.69, 9.17) is 23.2 Å². The first-order chi connectivity index (χ1) is 10.1. The topological polar surface area (TPSA) is 17.8 Å². The van der Waals surface area contributed by atoms with Crippen molar-refractivity contribution in [2.24, 2.45) is 0 Å². The predicted octanol–water partition coefficient (Wildman–Crippen LogP) is 4.74. The van der Waals surface area contributed by atoms with E-state index in [1.54, 1.807) is 16.7 Å². The normalized spacial score (nSPS) is 11.2. The highest BCUT2D eigenvalue weighted by Gasteiger charge is 2.15. The van der Waals surface area contributed by atoms with Crippen LogP contribution < -0.4 is 0 Å². The van der Waals surface area contributed by atoms with E-state index >= 15 is 0 Å². The van der Waals surface area contributed by atoms with Crippen LogP contribution in [0.3, 0.4) is 0 Å². The maximum atomic E-state index is 13.5. The van der Waals surface area contributed by atoms with Crippen LogP contribution in [0.1, 0.15) is 5.82 Å². The summed E-state index contributed by atoms with van der Waals surface area (Å²) in [7, 11) is 0. The summed E-state index contributed by atoms with van der Waals surface area (Å²) in [6, 6.07) is 8.37. The number of aromatic nitrogens is 2. The first kappa shape index (κ1) is 14.3. The largest absolute Gasteiger partial charge is 0.295 e. The first-order valence-electron chi connectivity index (χ1n) is 6.28. The Bertz CT molecular complexity index is 815. The van der Waals surface area contributed by atoms with E-state index < -0.39 is 5.82 Å². The fraction of sp³-hybridized carbons (Fsp3) is 0.133. The Labute approximate surface area is 129 Å². The Morgan fingerprint density at radius 1 is 1.05 bits per heavy atom. The minimum absolute atomic E-state index is 0.231. The molecule has 0 unspecified atom stereocenters. The molecule has 0 spiro atoms. The highest BCUT2D eigenvalue weighted by atomic mass is 35.5. The Hall–Kier alpha value is -1.65. The van der Waals surface area contributed by atoms with Crippen molar-refractivity contribution in [1.29, 1.82) is 0 Å². The van der Waals surface area contributed by atoms with Crippen LogP contribution in [0.2, 0.25) is 5.02 Å². The highest BCUT2D eigenvalue weighted by molar-refractivity contribution is 6.32. The van der Waals surface area contributed by atoms with Crippen molar-refractivity contribution >= 4 is 34.2 Å². The maximum absolute atomic E-state index is 13.5. The lowest BCUT2D eigenvalue weighted by atomic mass is 10.2. The van der Waals surface area contributed by atoms with E-state index in [1.165, 1.54) is 24.3 Å². The molecule has 3 aromatic rings. The Morgan fingerprint density at radius 3 is 2.48 bits per heavy atom. The van der Waals surface area contributed by atoms with Crippen LogP contribution >= 0.6 is 23.2 Å². The van der Waals surface area contributed by atoms with Gasteiger partial charge in [0, 0.05) is 18.4 Å². The van der Waals surface area contributed by atoms with Gasteiger partial charge in [0.05, 0.1) is 21.7 Å². The predicted molar refractivity (Wildman–Crippen MR) is 80.4 cm³/mol. The van der Waals surface area contributed by atoms with Crippen molar-refractivity contribution < 1.29 is 8.78 Å². The minimum atomic E-state index is -0.432. The van der Waals surface area contributed by atoms with Crippen molar-refractivity contribution in [3.63, 3.8) is 0 Å². The van der Waals surface area contributed by atoms with Gasteiger partial charge in [0.15, 0.2) is 0 Å². The molecule has 3 rings (SSSR count). The third kappa shape index (κ3) is 2.61. The number of aryl methyl sites for hydroxylation is 1. The van der Waals surface area contributed by atoms with Crippen molar-refractivity contribution in [3.05, 3.63) is 58.9 Å². The molecule has 2 nitrogen and oxygen atoms in total. The molecule has 1 heterocycles. The maximum Gasteiger partial charge on any atom is 0.125 e.